The Hall–Kier alpha value is -1.04. The molecule has 0 saturated carbocycles. The molecule has 0 fully saturated rings. The first-order valence-corrected chi connectivity index (χ1v) is 3.98. The number of halogens is 3. The predicted molar refractivity (Wildman–Crippen MR) is 43.9 cm³/mol. The number of nitrogens with zero attached hydrogens (tertiary/aromatic N) is 1. The molecule has 1 N–H and O–H groups in total. The summed E-state index contributed by atoms with van der Waals surface area (Å²) in [6.45, 7) is 0. The summed E-state index contributed by atoms with van der Waals surface area (Å²) in [4.78, 5) is 13.8. The molecule has 0 aliphatic heterocycles. The van der Waals surface area contributed by atoms with Crippen molar-refractivity contribution in [1.82, 2.24) is 4.98 Å². The normalized spacial score (nSPS) is 10.5. The number of hydrogen-bond acceptors (Lipinski definition) is 3. The van der Waals surface area contributed by atoms with E-state index < -0.39 is 23.4 Å². The molecule has 1 heterocycles. The minimum Gasteiger partial charge on any atom is -0.505 e. The maximum Gasteiger partial charge on any atom is 0.267 e. The average Bonchev–Trinajstić information content (AvgIpc) is 2.08. The van der Waals surface area contributed by atoms with Crippen molar-refractivity contribution in [3.63, 3.8) is 0 Å². The van der Waals surface area contributed by atoms with Gasteiger partial charge in [-0.15, -0.1) is 0 Å². The van der Waals surface area contributed by atoms with Gasteiger partial charge in [-0.1, -0.05) is 0 Å². The number of aldehydes is 1. The number of pyridine rings is 1. The zero-order valence-electron chi connectivity index (χ0n) is 6.17. The van der Waals surface area contributed by atoms with Gasteiger partial charge in [-0.3, -0.25) is 4.79 Å². The molecular formula is C7H4BrF2NO2. The predicted octanol–water partition coefficient (Wildman–Crippen LogP) is 2.30. The van der Waals surface area contributed by atoms with Crippen LogP contribution in [-0.2, 0) is 0 Å². The van der Waals surface area contributed by atoms with Gasteiger partial charge in [0.25, 0.3) is 6.43 Å². The van der Waals surface area contributed by atoms with Gasteiger partial charge in [0.1, 0.15) is 10.3 Å². The minimum absolute atomic E-state index is 0.0858. The zero-order chi connectivity index (χ0) is 10.0. The summed E-state index contributed by atoms with van der Waals surface area (Å²) in [5, 5.41) is 9.09. The van der Waals surface area contributed by atoms with E-state index in [1.54, 1.807) is 0 Å². The van der Waals surface area contributed by atoms with E-state index in [9.17, 15) is 13.6 Å². The molecule has 0 saturated heterocycles. The Bertz CT molecular complexity index is 344. The molecular weight excluding hydrogens is 248 g/mol. The van der Waals surface area contributed by atoms with Gasteiger partial charge < -0.3 is 5.11 Å². The summed E-state index contributed by atoms with van der Waals surface area (Å²) in [7, 11) is 0. The number of hydrogen-bond donors (Lipinski definition) is 1. The van der Waals surface area contributed by atoms with Crippen LogP contribution in [0.4, 0.5) is 8.78 Å². The molecule has 13 heavy (non-hydrogen) atoms. The van der Waals surface area contributed by atoms with Crippen LogP contribution < -0.4 is 0 Å². The number of carbonyl (C=O) groups excluding carboxylic acids is 1. The van der Waals surface area contributed by atoms with Crippen LogP contribution in [0.15, 0.2) is 10.7 Å². The van der Waals surface area contributed by atoms with E-state index in [-0.39, 0.29) is 10.9 Å². The Balaban J connectivity index is 3.35. The quantitative estimate of drug-likeness (QED) is 0.648. The average molecular weight is 252 g/mol. The highest BCUT2D eigenvalue weighted by atomic mass is 79.9. The first-order valence-electron chi connectivity index (χ1n) is 3.19. The number of rotatable bonds is 2. The summed E-state index contributed by atoms with van der Waals surface area (Å²) < 4.78 is 24.5. The van der Waals surface area contributed by atoms with Crippen LogP contribution in [0.25, 0.3) is 0 Å². The SMILES string of the molecule is O=Cc1nc(Br)cc(C(F)F)c1O. The van der Waals surface area contributed by atoms with Crippen LogP contribution in [0.2, 0.25) is 0 Å². The summed E-state index contributed by atoms with van der Waals surface area (Å²) in [5.41, 5.74) is -1.01. The smallest absolute Gasteiger partial charge is 0.267 e. The van der Waals surface area contributed by atoms with Gasteiger partial charge in [-0.25, -0.2) is 13.8 Å². The Morgan fingerprint density at radius 2 is 2.23 bits per heavy atom. The fourth-order valence-electron chi connectivity index (χ4n) is 0.793. The van der Waals surface area contributed by atoms with Gasteiger partial charge in [0.2, 0.25) is 0 Å². The summed E-state index contributed by atoms with van der Waals surface area (Å²) in [5.74, 6) is -0.770. The Labute approximate surface area is 80.5 Å². The molecule has 3 nitrogen and oxygen atoms in total. The molecule has 0 atom stereocenters. The van der Waals surface area contributed by atoms with Gasteiger partial charge in [-0.2, -0.15) is 0 Å². The highest BCUT2D eigenvalue weighted by molar-refractivity contribution is 9.10. The van der Waals surface area contributed by atoms with Crippen molar-refractivity contribution in [2.24, 2.45) is 0 Å². The molecule has 0 spiro atoms. The highest BCUT2D eigenvalue weighted by Gasteiger charge is 2.17. The second kappa shape index (κ2) is 3.78. The van der Waals surface area contributed by atoms with Crippen molar-refractivity contribution in [1.29, 1.82) is 0 Å². The second-order valence-corrected chi connectivity index (χ2v) is 3.00. The van der Waals surface area contributed by atoms with Gasteiger partial charge in [0, 0.05) is 0 Å². The standard InChI is InChI=1S/C7H4BrF2NO2/c8-5-1-3(7(9)10)6(13)4(2-12)11-5/h1-2,7,13H. The molecule has 6 heteroatoms. The van der Waals surface area contributed by atoms with E-state index in [1.807, 2.05) is 0 Å². The Morgan fingerprint density at radius 3 is 2.69 bits per heavy atom. The van der Waals surface area contributed by atoms with Gasteiger partial charge in [0.05, 0.1) is 5.56 Å². The largest absolute Gasteiger partial charge is 0.505 e. The third-order valence-corrected chi connectivity index (χ3v) is 1.77. The number of carbonyl (C=O) groups is 1. The molecule has 1 rings (SSSR count). The lowest BCUT2D eigenvalue weighted by atomic mass is 10.2. The molecule has 0 radical (unpaired) electrons. The van der Waals surface area contributed by atoms with Crippen molar-refractivity contribution >= 4 is 22.2 Å². The van der Waals surface area contributed by atoms with Crippen molar-refractivity contribution in [3.05, 3.63) is 21.9 Å². The number of aromatic nitrogens is 1. The monoisotopic (exact) mass is 251 g/mol. The number of aromatic hydroxyl groups is 1. The van der Waals surface area contributed by atoms with E-state index >= 15 is 0 Å². The second-order valence-electron chi connectivity index (χ2n) is 2.19. The topological polar surface area (TPSA) is 50.2 Å². The molecule has 0 aliphatic carbocycles. The fourth-order valence-corrected chi connectivity index (χ4v) is 1.23. The maximum absolute atomic E-state index is 12.2. The number of alkyl halides is 2. The highest BCUT2D eigenvalue weighted by Crippen LogP contribution is 2.31. The molecule has 0 bridgehead atoms. The van der Waals surface area contributed by atoms with Crippen molar-refractivity contribution in [2.45, 2.75) is 6.43 Å². The van der Waals surface area contributed by atoms with Gasteiger partial charge in [0.15, 0.2) is 12.0 Å². The van der Waals surface area contributed by atoms with Crippen LogP contribution in [0.1, 0.15) is 22.5 Å². The van der Waals surface area contributed by atoms with E-state index in [4.69, 9.17) is 5.11 Å². The van der Waals surface area contributed by atoms with Crippen LogP contribution in [-0.4, -0.2) is 16.4 Å². The molecule has 0 aliphatic rings. The van der Waals surface area contributed by atoms with Crippen LogP contribution in [0.5, 0.6) is 5.75 Å². The van der Waals surface area contributed by atoms with Crippen molar-refractivity contribution < 1.29 is 18.7 Å². The molecule has 70 valence electrons. The van der Waals surface area contributed by atoms with Gasteiger partial charge >= 0.3 is 0 Å². The first-order chi connectivity index (χ1) is 6.06. The molecule has 0 aromatic carbocycles. The van der Waals surface area contributed by atoms with Crippen LogP contribution in [0, 0.1) is 0 Å². The molecule has 0 unspecified atom stereocenters. The van der Waals surface area contributed by atoms with Crippen LogP contribution >= 0.6 is 15.9 Å². The molecule has 1 aromatic heterocycles. The van der Waals surface area contributed by atoms with E-state index in [2.05, 4.69) is 20.9 Å². The minimum atomic E-state index is -2.84. The Morgan fingerprint density at radius 1 is 1.62 bits per heavy atom. The molecule has 1 aromatic rings. The van der Waals surface area contributed by atoms with Crippen molar-refractivity contribution in [2.75, 3.05) is 0 Å². The zero-order valence-corrected chi connectivity index (χ0v) is 7.75. The lowest BCUT2D eigenvalue weighted by molar-refractivity contribution is 0.111. The fraction of sp³-hybridized carbons (Fsp3) is 0.143. The third kappa shape index (κ3) is 2.00. The van der Waals surface area contributed by atoms with E-state index in [0.717, 1.165) is 6.07 Å². The molecule has 0 amide bonds. The first kappa shape index (κ1) is 10.0. The van der Waals surface area contributed by atoms with Gasteiger partial charge in [-0.05, 0) is 22.0 Å². The summed E-state index contributed by atoms with van der Waals surface area (Å²) in [6, 6.07) is 0.965. The lowest BCUT2D eigenvalue weighted by Gasteiger charge is -2.04. The summed E-state index contributed by atoms with van der Waals surface area (Å²) >= 11 is 2.84. The lowest BCUT2D eigenvalue weighted by Crippen LogP contribution is -1.94. The van der Waals surface area contributed by atoms with Crippen molar-refractivity contribution in [3.8, 4) is 5.75 Å². The van der Waals surface area contributed by atoms with E-state index in [1.165, 1.54) is 0 Å². The summed E-state index contributed by atoms with van der Waals surface area (Å²) in [6.07, 6.45) is -2.62. The maximum atomic E-state index is 12.2. The third-order valence-electron chi connectivity index (χ3n) is 1.36. The van der Waals surface area contributed by atoms with Crippen LogP contribution in [0.3, 0.4) is 0 Å². The Kier molecular flexibility index (Phi) is 2.92. The van der Waals surface area contributed by atoms with E-state index in [0.29, 0.717) is 0 Å².